The van der Waals surface area contributed by atoms with E-state index in [1.165, 1.54) is 24.8 Å². The minimum absolute atomic E-state index is 0.201. The van der Waals surface area contributed by atoms with Crippen molar-refractivity contribution in [3.05, 3.63) is 23.8 Å². The highest BCUT2D eigenvalue weighted by atomic mass is 16.1. The standard InChI is InChI=1S/C23H30O2/c1-14(24)19-7-8-20-18-6-5-16-12-17(25)9-11-23(16)10-3-4-15(21(18)23)13-22(19,20)2/h3-4,12,15,18-21H,5-11,13H2,1-2H3. The van der Waals surface area contributed by atoms with Gasteiger partial charge in [-0.05, 0) is 92.4 Å². The molecule has 7 unspecified atom stereocenters. The van der Waals surface area contributed by atoms with Gasteiger partial charge < -0.3 is 0 Å². The van der Waals surface area contributed by atoms with Crippen molar-refractivity contribution in [1.82, 2.24) is 0 Å². The Morgan fingerprint density at radius 3 is 2.84 bits per heavy atom. The Bertz CT molecular complexity index is 701. The number of ketones is 2. The largest absolute Gasteiger partial charge is 0.300 e. The van der Waals surface area contributed by atoms with Crippen molar-refractivity contribution in [2.75, 3.05) is 0 Å². The molecule has 0 aromatic heterocycles. The maximum Gasteiger partial charge on any atom is 0.155 e. The third kappa shape index (κ3) is 1.97. The first-order valence-electron chi connectivity index (χ1n) is 10.4. The van der Waals surface area contributed by atoms with E-state index in [4.69, 9.17) is 0 Å². The number of hydrogen-bond donors (Lipinski definition) is 0. The second kappa shape index (κ2) is 5.18. The zero-order chi connectivity index (χ0) is 17.4. The topological polar surface area (TPSA) is 34.1 Å². The van der Waals surface area contributed by atoms with Gasteiger partial charge in [-0.25, -0.2) is 0 Å². The van der Waals surface area contributed by atoms with Gasteiger partial charge in [0.15, 0.2) is 5.78 Å². The van der Waals surface area contributed by atoms with E-state index in [9.17, 15) is 9.59 Å². The lowest BCUT2D eigenvalue weighted by molar-refractivity contribution is -0.132. The van der Waals surface area contributed by atoms with E-state index in [-0.39, 0.29) is 16.7 Å². The van der Waals surface area contributed by atoms with Gasteiger partial charge in [-0.2, -0.15) is 0 Å². The van der Waals surface area contributed by atoms with Gasteiger partial charge in [0.25, 0.3) is 0 Å². The van der Waals surface area contributed by atoms with Gasteiger partial charge in [0.1, 0.15) is 5.78 Å². The Balaban J connectivity index is 1.60. The van der Waals surface area contributed by atoms with Gasteiger partial charge in [0.2, 0.25) is 0 Å². The summed E-state index contributed by atoms with van der Waals surface area (Å²) in [5.74, 6) is 3.83. The summed E-state index contributed by atoms with van der Waals surface area (Å²) in [6, 6.07) is 0. The Labute approximate surface area is 151 Å². The number of hydrogen-bond acceptors (Lipinski definition) is 2. The predicted octanol–water partition coefficient (Wildman–Crippen LogP) is 4.89. The number of rotatable bonds is 1. The summed E-state index contributed by atoms with van der Waals surface area (Å²) in [5.41, 5.74) is 1.95. The highest BCUT2D eigenvalue weighted by molar-refractivity contribution is 5.91. The van der Waals surface area contributed by atoms with E-state index in [1.54, 1.807) is 0 Å². The van der Waals surface area contributed by atoms with Crippen LogP contribution in [0.3, 0.4) is 0 Å². The fraction of sp³-hybridized carbons (Fsp3) is 0.739. The zero-order valence-electron chi connectivity index (χ0n) is 15.6. The minimum Gasteiger partial charge on any atom is -0.300 e. The average Bonchev–Trinajstić information content (AvgIpc) is 2.92. The molecule has 0 aliphatic heterocycles. The maximum atomic E-state index is 12.3. The van der Waals surface area contributed by atoms with E-state index < -0.39 is 0 Å². The van der Waals surface area contributed by atoms with E-state index >= 15 is 0 Å². The fourth-order valence-corrected chi connectivity index (χ4v) is 8.28. The molecule has 7 atom stereocenters. The summed E-state index contributed by atoms with van der Waals surface area (Å²) in [7, 11) is 0. The second-order valence-corrected chi connectivity index (χ2v) is 9.87. The molecule has 0 aromatic carbocycles. The minimum atomic E-state index is 0.201. The summed E-state index contributed by atoms with van der Waals surface area (Å²) in [4.78, 5) is 24.4. The fourth-order valence-electron chi connectivity index (χ4n) is 8.28. The summed E-state index contributed by atoms with van der Waals surface area (Å²) in [6.45, 7) is 4.24. The second-order valence-electron chi connectivity index (χ2n) is 9.87. The molecule has 3 saturated carbocycles. The summed E-state index contributed by atoms with van der Waals surface area (Å²) in [6.07, 6.45) is 15.8. The molecule has 0 bridgehead atoms. The molecule has 3 fully saturated rings. The van der Waals surface area contributed by atoms with Crippen molar-refractivity contribution in [3.8, 4) is 0 Å². The molecule has 134 valence electrons. The third-order valence-corrected chi connectivity index (χ3v) is 9.06. The Morgan fingerprint density at radius 1 is 1.20 bits per heavy atom. The summed E-state index contributed by atoms with van der Waals surface area (Å²) in [5, 5.41) is 0. The van der Waals surface area contributed by atoms with Crippen LogP contribution in [-0.4, -0.2) is 11.6 Å². The highest BCUT2D eigenvalue weighted by Gasteiger charge is 2.63. The molecule has 0 saturated heterocycles. The van der Waals surface area contributed by atoms with Crippen LogP contribution in [0.25, 0.3) is 0 Å². The molecule has 5 rings (SSSR count). The lowest BCUT2D eigenvalue weighted by atomic mass is 9.41. The van der Waals surface area contributed by atoms with Crippen LogP contribution >= 0.6 is 0 Å². The van der Waals surface area contributed by atoms with E-state index in [0.29, 0.717) is 23.4 Å². The number of carbonyl (C=O) groups excluding carboxylic acids is 2. The van der Waals surface area contributed by atoms with Crippen molar-refractivity contribution in [1.29, 1.82) is 0 Å². The van der Waals surface area contributed by atoms with E-state index in [2.05, 4.69) is 19.1 Å². The first-order valence-corrected chi connectivity index (χ1v) is 10.4. The molecule has 2 nitrogen and oxygen atoms in total. The number of Topliss-reactive ketones (excluding diaryl/α,β-unsaturated/α-hetero) is 1. The van der Waals surface area contributed by atoms with Crippen LogP contribution in [-0.2, 0) is 9.59 Å². The zero-order valence-corrected chi connectivity index (χ0v) is 15.6. The lowest BCUT2D eigenvalue weighted by Gasteiger charge is -2.62. The molecule has 0 aromatic rings. The normalized spacial score (nSPS) is 50.6. The van der Waals surface area contributed by atoms with Gasteiger partial charge in [-0.15, -0.1) is 0 Å². The van der Waals surface area contributed by atoms with Crippen LogP contribution < -0.4 is 0 Å². The first-order chi connectivity index (χ1) is 12.0. The van der Waals surface area contributed by atoms with E-state index in [0.717, 1.165) is 43.9 Å². The molecule has 0 radical (unpaired) electrons. The molecule has 2 heteroatoms. The van der Waals surface area contributed by atoms with Crippen LogP contribution in [0.15, 0.2) is 23.8 Å². The first kappa shape index (κ1) is 16.0. The van der Waals surface area contributed by atoms with Crippen molar-refractivity contribution < 1.29 is 9.59 Å². The molecule has 25 heavy (non-hydrogen) atoms. The number of carbonyl (C=O) groups is 2. The van der Waals surface area contributed by atoms with Crippen LogP contribution in [0.5, 0.6) is 0 Å². The molecular formula is C23H30O2. The molecule has 1 spiro atoms. The van der Waals surface area contributed by atoms with Gasteiger partial charge in [-0.3, -0.25) is 9.59 Å². The smallest absolute Gasteiger partial charge is 0.155 e. The summed E-state index contributed by atoms with van der Waals surface area (Å²) >= 11 is 0. The molecule has 0 heterocycles. The third-order valence-electron chi connectivity index (χ3n) is 9.06. The van der Waals surface area contributed by atoms with Crippen molar-refractivity contribution >= 4 is 11.6 Å². The van der Waals surface area contributed by atoms with E-state index in [1.807, 2.05) is 13.0 Å². The van der Waals surface area contributed by atoms with Gasteiger partial charge in [-0.1, -0.05) is 24.6 Å². The van der Waals surface area contributed by atoms with Gasteiger partial charge in [0, 0.05) is 12.3 Å². The molecule has 0 N–H and O–H groups in total. The monoisotopic (exact) mass is 338 g/mol. The lowest BCUT2D eigenvalue weighted by Crippen LogP contribution is -2.56. The Hall–Kier alpha value is -1.18. The number of allylic oxidation sites excluding steroid dienone is 3. The number of fused-ring (bicyclic) bond motifs is 2. The molecule has 5 aliphatic carbocycles. The van der Waals surface area contributed by atoms with Crippen molar-refractivity contribution in [3.63, 3.8) is 0 Å². The van der Waals surface area contributed by atoms with Crippen LogP contribution in [0.1, 0.15) is 65.2 Å². The Morgan fingerprint density at radius 2 is 2.04 bits per heavy atom. The van der Waals surface area contributed by atoms with Gasteiger partial charge >= 0.3 is 0 Å². The average molecular weight is 338 g/mol. The van der Waals surface area contributed by atoms with Crippen LogP contribution in [0.4, 0.5) is 0 Å². The van der Waals surface area contributed by atoms with Crippen molar-refractivity contribution in [2.24, 2.45) is 40.4 Å². The van der Waals surface area contributed by atoms with Gasteiger partial charge in [0.05, 0.1) is 0 Å². The Kier molecular flexibility index (Phi) is 3.32. The molecule has 0 amide bonds. The molecule has 5 aliphatic rings. The highest BCUT2D eigenvalue weighted by Crippen LogP contribution is 2.70. The summed E-state index contributed by atoms with van der Waals surface area (Å²) < 4.78 is 0. The van der Waals surface area contributed by atoms with Crippen LogP contribution in [0.2, 0.25) is 0 Å². The van der Waals surface area contributed by atoms with Crippen molar-refractivity contribution in [2.45, 2.75) is 65.2 Å². The molecular weight excluding hydrogens is 308 g/mol. The van der Waals surface area contributed by atoms with Crippen LogP contribution in [0, 0.1) is 40.4 Å². The predicted molar refractivity (Wildman–Crippen MR) is 97.8 cm³/mol. The quantitative estimate of drug-likeness (QED) is 0.638. The SMILES string of the molecule is CC(=O)C1CCC2C3CCC4=CC(=O)CCC45CC=CC(CC12C)C35. The maximum absolute atomic E-state index is 12.3.